The maximum atomic E-state index is 13.0. The summed E-state index contributed by atoms with van der Waals surface area (Å²) in [6.45, 7) is 20.0. The van der Waals surface area contributed by atoms with Crippen molar-refractivity contribution in [2.75, 3.05) is 24.5 Å². The normalized spacial score (nSPS) is 16.2. The summed E-state index contributed by atoms with van der Waals surface area (Å²) in [5.41, 5.74) is 7.09. The van der Waals surface area contributed by atoms with Crippen LogP contribution in [0.25, 0.3) is 22.5 Å². The Kier molecular flexibility index (Phi) is 10.8. The number of H-pyrrole nitrogens is 2. The molecule has 4 aromatic rings. The molecule has 5 heterocycles. The number of rotatable bonds is 7. The van der Waals surface area contributed by atoms with Crippen LogP contribution < -0.4 is 9.64 Å². The largest absolute Gasteiger partial charge is 0.453 e. The third kappa shape index (κ3) is 8.34. The first-order chi connectivity index (χ1) is 25.3. The Balaban J connectivity index is 0.00000236. The minimum absolute atomic E-state index is 0.151. The first kappa shape index (κ1) is 37.8. The van der Waals surface area contributed by atoms with Crippen molar-refractivity contribution < 1.29 is 23.8 Å². The number of imidazole rings is 1. The number of amides is 2. The van der Waals surface area contributed by atoms with Gasteiger partial charge in [0.2, 0.25) is 0 Å². The number of hydrogen-bond acceptors (Lipinski definition) is 7. The van der Waals surface area contributed by atoms with Gasteiger partial charge in [0.1, 0.15) is 17.0 Å². The zero-order valence-electron chi connectivity index (χ0n) is 32.9. The molecule has 1 atom stereocenters. The molecule has 0 saturated carbocycles. The number of benzene rings is 2. The van der Waals surface area contributed by atoms with Gasteiger partial charge < -0.3 is 34.0 Å². The van der Waals surface area contributed by atoms with Gasteiger partial charge in [-0.05, 0) is 116 Å². The van der Waals surface area contributed by atoms with Gasteiger partial charge in [-0.2, -0.15) is 0 Å². The van der Waals surface area contributed by atoms with Crippen LogP contribution in [0, 0.1) is 0 Å². The molecule has 3 aliphatic heterocycles. The van der Waals surface area contributed by atoms with Crippen LogP contribution in [0.4, 0.5) is 21.0 Å². The monoisotopic (exact) mass is 724 g/mol. The molecule has 3 aliphatic rings. The van der Waals surface area contributed by atoms with Crippen molar-refractivity contribution in [1.82, 2.24) is 24.8 Å². The topological polar surface area (TPSA) is 116 Å². The average Bonchev–Trinajstić information content (AvgIpc) is 3.89. The molecule has 0 spiro atoms. The lowest BCUT2D eigenvalue weighted by Crippen LogP contribution is -2.37. The van der Waals surface area contributed by atoms with Crippen LogP contribution in [0.3, 0.4) is 0 Å². The van der Waals surface area contributed by atoms with Crippen molar-refractivity contribution in [2.45, 2.75) is 118 Å². The zero-order chi connectivity index (χ0) is 38.1. The second-order valence-corrected chi connectivity index (χ2v) is 15.8. The van der Waals surface area contributed by atoms with E-state index in [2.05, 4.69) is 52.1 Å². The summed E-state index contributed by atoms with van der Waals surface area (Å²) < 4.78 is 18.0. The molecule has 2 N–H and O–H groups in total. The van der Waals surface area contributed by atoms with Gasteiger partial charge in [-0.15, -0.1) is 0 Å². The molecule has 11 nitrogen and oxygen atoms in total. The molecule has 53 heavy (non-hydrogen) atoms. The van der Waals surface area contributed by atoms with Crippen molar-refractivity contribution in [2.24, 2.45) is 0 Å². The van der Waals surface area contributed by atoms with Gasteiger partial charge in [-0.3, -0.25) is 4.90 Å². The Hall–Kier alpha value is -4.93. The quantitative estimate of drug-likeness (QED) is 0.195. The molecule has 2 amide bonds. The molecular weight excluding hydrogens is 668 g/mol. The fourth-order valence-corrected chi connectivity index (χ4v) is 7.26. The van der Waals surface area contributed by atoms with Crippen molar-refractivity contribution in [1.29, 1.82) is 0 Å². The van der Waals surface area contributed by atoms with Crippen molar-refractivity contribution in [3.63, 3.8) is 0 Å². The highest BCUT2D eigenvalue weighted by Crippen LogP contribution is 2.52. The molecule has 0 radical (unpaired) electrons. The van der Waals surface area contributed by atoms with Gasteiger partial charge in [0, 0.05) is 42.1 Å². The van der Waals surface area contributed by atoms with Crippen LogP contribution in [0.1, 0.15) is 111 Å². The van der Waals surface area contributed by atoms with Crippen LogP contribution in [-0.4, -0.2) is 67.8 Å². The lowest BCUT2D eigenvalue weighted by molar-refractivity contribution is 0.0213. The number of anilines is 2. The van der Waals surface area contributed by atoms with E-state index in [0.717, 1.165) is 95.6 Å². The number of ether oxygens (including phenoxy) is 3. The Morgan fingerprint density at radius 2 is 1.66 bits per heavy atom. The number of nitrogens with zero attached hydrogens (tertiary/aromatic N) is 4. The van der Waals surface area contributed by atoms with Gasteiger partial charge in [0.25, 0.3) is 0 Å². The first-order valence-electron chi connectivity index (χ1n) is 19.2. The predicted octanol–water partition coefficient (Wildman–Crippen LogP) is 10.5. The van der Waals surface area contributed by atoms with Crippen LogP contribution in [0.2, 0.25) is 0 Å². The molecule has 0 aliphatic carbocycles. The summed E-state index contributed by atoms with van der Waals surface area (Å²) >= 11 is 0. The van der Waals surface area contributed by atoms with E-state index >= 15 is 0 Å². The van der Waals surface area contributed by atoms with Gasteiger partial charge >= 0.3 is 12.2 Å². The van der Waals surface area contributed by atoms with E-state index in [-0.39, 0.29) is 18.2 Å². The van der Waals surface area contributed by atoms with Crippen LogP contribution in [-0.2, 0) is 22.4 Å². The zero-order valence-corrected chi connectivity index (χ0v) is 32.9. The molecule has 11 heteroatoms. The van der Waals surface area contributed by atoms with E-state index in [1.54, 1.807) is 9.80 Å². The fourth-order valence-electron chi connectivity index (χ4n) is 7.26. The Labute approximate surface area is 314 Å². The summed E-state index contributed by atoms with van der Waals surface area (Å²) in [4.78, 5) is 43.6. The Morgan fingerprint density at radius 3 is 2.40 bits per heavy atom. The number of fused-ring (bicyclic) bond motifs is 2. The molecule has 0 bridgehead atoms. The number of carbonyl (C=O) groups excluding carboxylic acids is 2. The Morgan fingerprint density at radius 1 is 0.906 bits per heavy atom. The van der Waals surface area contributed by atoms with E-state index in [0.29, 0.717) is 19.6 Å². The maximum absolute atomic E-state index is 13.0. The highest BCUT2D eigenvalue weighted by Gasteiger charge is 2.36. The highest BCUT2D eigenvalue weighted by molar-refractivity contribution is 5.85. The number of aromatic nitrogens is 3. The van der Waals surface area contributed by atoms with Crippen LogP contribution >= 0.6 is 0 Å². The standard InChI is InChI=1S/C40H50N6O5.C2H6/c1-8-17-44(37(47)50-39(2,3)4)24-28-14-15-29(42-28)25-13-16-31-33(21-25)49-34-22-27(20-26-11-9-18-45(31)35(26)34)30-23-41-36(43-30)32-12-10-19-46(32)38(48)51-40(5,6)7;1-2/h13-16,20-23,32,42H,8-12,17-19,24H2,1-7H3,(H,41,43);1-2H3/t32-;/m0./s1. The minimum atomic E-state index is -0.555. The molecule has 1 fully saturated rings. The SMILES string of the molecule is CC.CCCN(Cc1ccc(-c2ccc3c(c2)Oc2cc(-c4cnc([C@@H]5CCCN5C(=O)OC(C)(C)C)[nH]4)cc4c2N3CCC4)[nH]1)C(=O)OC(C)(C)C. The highest BCUT2D eigenvalue weighted by atomic mass is 16.6. The molecule has 7 rings (SSSR count). The molecule has 0 unspecified atom stereocenters. The van der Waals surface area contributed by atoms with Crippen LogP contribution in [0.15, 0.2) is 48.7 Å². The summed E-state index contributed by atoms with van der Waals surface area (Å²) in [5.74, 6) is 2.39. The number of nitrogens with one attached hydrogen (secondary N) is 2. The van der Waals surface area contributed by atoms with E-state index in [9.17, 15) is 9.59 Å². The second-order valence-electron chi connectivity index (χ2n) is 15.8. The smallest absolute Gasteiger partial charge is 0.410 e. The fraction of sp³-hybridized carbons (Fsp3) is 0.500. The molecule has 2 aromatic carbocycles. The maximum Gasteiger partial charge on any atom is 0.410 e. The number of carbonyl (C=O) groups is 2. The Bertz CT molecular complexity index is 1930. The lowest BCUT2D eigenvalue weighted by atomic mass is 9.95. The van der Waals surface area contributed by atoms with Gasteiger partial charge in [-0.25, -0.2) is 14.6 Å². The third-order valence-electron chi connectivity index (χ3n) is 9.39. The van der Waals surface area contributed by atoms with E-state index in [1.165, 1.54) is 5.56 Å². The van der Waals surface area contributed by atoms with Crippen molar-refractivity contribution in [3.8, 4) is 34.0 Å². The minimum Gasteiger partial charge on any atom is -0.453 e. The van der Waals surface area contributed by atoms with Crippen LogP contribution in [0.5, 0.6) is 11.5 Å². The molecule has 284 valence electrons. The van der Waals surface area contributed by atoms with Crippen molar-refractivity contribution >= 4 is 23.6 Å². The summed E-state index contributed by atoms with van der Waals surface area (Å²) in [6.07, 6.45) is 5.82. The summed E-state index contributed by atoms with van der Waals surface area (Å²) in [6, 6.07) is 14.6. The average molecular weight is 725 g/mol. The van der Waals surface area contributed by atoms with Gasteiger partial charge in [0.15, 0.2) is 11.5 Å². The number of likely N-dealkylation sites (tertiary alicyclic amines) is 1. The van der Waals surface area contributed by atoms with Crippen molar-refractivity contribution in [3.05, 3.63) is 65.7 Å². The predicted molar refractivity (Wildman–Crippen MR) is 209 cm³/mol. The van der Waals surface area contributed by atoms with E-state index in [1.807, 2.05) is 73.7 Å². The third-order valence-corrected chi connectivity index (χ3v) is 9.39. The second kappa shape index (κ2) is 15.2. The van der Waals surface area contributed by atoms with E-state index < -0.39 is 11.2 Å². The number of hydrogen-bond donors (Lipinski definition) is 2. The number of aryl methyl sites for hydroxylation is 1. The summed E-state index contributed by atoms with van der Waals surface area (Å²) in [7, 11) is 0. The molecule has 2 aromatic heterocycles. The lowest BCUT2D eigenvalue weighted by Gasteiger charge is -2.37. The first-order valence-corrected chi connectivity index (χ1v) is 19.2. The molecular formula is C42H56N6O5. The van der Waals surface area contributed by atoms with E-state index in [4.69, 9.17) is 19.2 Å². The molecule has 1 saturated heterocycles. The van der Waals surface area contributed by atoms with Gasteiger partial charge in [0.05, 0.1) is 35.9 Å². The number of aromatic amines is 2. The summed E-state index contributed by atoms with van der Waals surface area (Å²) in [5, 5.41) is 0. The van der Waals surface area contributed by atoms with Gasteiger partial charge in [-0.1, -0.05) is 26.8 Å².